The van der Waals surface area contributed by atoms with Crippen LogP contribution in [0.3, 0.4) is 0 Å². The Morgan fingerprint density at radius 3 is 2.60 bits per heavy atom. The van der Waals surface area contributed by atoms with E-state index < -0.39 is 0 Å². The van der Waals surface area contributed by atoms with Crippen molar-refractivity contribution in [3.05, 3.63) is 62.9 Å². The molecule has 0 radical (unpaired) electrons. The number of ether oxygens (including phenoxy) is 1. The first-order chi connectivity index (χ1) is 11.5. The summed E-state index contributed by atoms with van der Waals surface area (Å²) in [6.07, 6.45) is 2.91. The summed E-state index contributed by atoms with van der Waals surface area (Å²) in [5, 5.41) is 4.96. The van der Waals surface area contributed by atoms with E-state index in [4.69, 9.17) is 27.9 Å². The molecule has 0 aromatic heterocycles. The second-order valence-electron chi connectivity index (χ2n) is 6.60. The van der Waals surface area contributed by atoms with Gasteiger partial charge in [0.15, 0.2) is 11.6 Å². The van der Waals surface area contributed by atoms with Crippen molar-refractivity contribution in [2.24, 2.45) is 0 Å². The molecule has 2 aromatic rings. The summed E-state index contributed by atoms with van der Waals surface area (Å²) in [5.41, 5.74) is 3.22. The molecular weight excluding hydrogens is 428 g/mol. The van der Waals surface area contributed by atoms with E-state index in [1.54, 1.807) is 12.1 Å². The van der Waals surface area contributed by atoms with E-state index in [9.17, 15) is 4.39 Å². The van der Waals surface area contributed by atoms with Crippen LogP contribution in [0.25, 0.3) is 0 Å². The van der Waals surface area contributed by atoms with Crippen LogP contribution < -0.4 is 10.1 Å². The summed E-state index contributed by atoms with van der Waals surface area (Å²) in [6, 6.07) is 9.27. The zero-order valence-electron chi connectivity index (χ0n) is 13.7. The molecule has 2 aromatic carbocycles. The van der Waals surface area contributed by atoms with Crippen molar-refractivity contribution in [2.45, 2.75) is 30.7 Å². The Hall–Kier alpha value is -0.810. The van der Waals surface area contributed by atoms with Gasteiger partial charge in [-0.05, 0) is 66.8 Å². The fourth-order valence-corrected chi connectivity index (χ4v) is 4.54. The van der Waals surface area contributed by atoms with Gasteiger partial charge in [-0.2, -0.15) is 0 Å². The lowest BCUT2D eigenvalue weighted by molar-refractivity contribution is 0.374. The van der Waals surface area contributed by atoms with Gasteiger partial charge in [-0.3, -0.25) is 0 Å². The average molecular weight is 447 g/mol. The molecule has 0 bridgehead atoms. The summed E-state index contributed by atoms with van der Waals surface area (Å²) < 4.78 is 19.3. The molecule has 0 spiro atoms. The highest BCUT2D eigenvalue weighted by Gasteiger charge is 2.53. The van der Waals surface area contributed by atoms with Crippen LogP contribution in [0.2, 0.25) is 10.0 Å². The molecule has 1 aliphatic heterocycles. The highest BCUT2D eigenvalue weighted by molar-refractivity contribution is 8.93. The van der Waals surface area contributed by atoms with E-state index in [-0.39, 0.29) is 34.3 Å². The molecular formula is C19H19BrCl2FNO. The summed E-state index contributed by atoms with van der Waals surface area (Å²) in [5.74, 6) is -0.00766. The van der Waals surface area contributed by atoms with Gasteiger partial charge in [-0.25, -0.2) is 4.39 Å². The van der Waals surface area contributed by atoms with Gasteiger partial charge in [0.05, 0.1) is 7.11 Å². The van der Waals surface area contributed by atoms with Crippen LogP contribution in [0.5, 0.6) is 5.75 Å². The van der Waals surface area contributed by atoms with Crippen LogP contribution >= 0.6 is 40.2 Å². The molecule has 1 unspecified atom stereocenters. The molecule has 1 atom stereocenters. The van der Waals surface area contributed by atoms with Gasteiger partial charge >= 0.3 is 0 Å². The quantitative estimate of drug-likeness (QED) is 0.658. The topological polar surface area (TPSA) is 21.3 Å². The summed E-state index contributed by atoms with van der Waals surface area (Å²) in [4.78, 5) is 0. The lowest BCUT2D eigenvalue weighted by Gasteiger charge is -2.35. The SMILES string of the molecule is Br.COc1cc2c(cc1F)CCNC2C1(c2ccc(Cl)cc2Cl)CC1. The number of rotatable bonds is 3. The van der Waals surface area contributed by atoms with Crippen molar-refractivity contribution in [2.75, 3.05) is 13.7 Å². The van der Waals surface area contributed by atoms with E-state index in [0.717, 1.165) is 42.5 Å². The number of hydrogen-bond acceptors (Lipinski definition) is 2. The van der Waals surface area contributed by atoms with Gasteiger partial charge in [0.25, 0.3) is 0 Å². The third-order valence-electron chi connectivity index (χ3n) is 5.28. The van der Waals surface area contributed by atoms with Gasteiger partial charge in [0, 0.05) is 21.5 Å². The van der Waals surface area contributed by atoms with Gasteiger partial charge in [-0.1, -0.05) is 29.3 Å². The average Bonchev–Trinajstić information content (AvgIpc) is 3.35. The number of nitrogens with one attached hydrogen (secondary N) is 1. The van der Waals surface area contributed by atoms with E-state index >= 15 is 0 Å². The monoisotopic (exact) mass is 445 g/mol. The smallest absolute Gasteiger partial charge is 0.165 e. The number of fused-ring (bicyclic) bond motifs is 1. The zero-order chi connectivity index (χ0) is 16.9. The van der Waals surface area contributed by atoms with Gasteiger partial charge < -0.3 is 10.1 Å². The van der Waals surface area contributed by atoms with Crippen LogP contribution in [0.15, 0.2) is 30.3 Å². The molecule has 1 saturated carbocycles. The number of halogens is 4. The molecule has 25 heavy (non-hydrogen) atoms. The minimum Gasteiger partial charge on any atom is -0.494 e. The number of methoxy groups -OCH3 is 1. The van der Waals surface area contributed by atoms with Gasteiger partial charge in [0.2, 0.25) is 0 Å². The molecule has 0 amide bonds. The molecule has 1 fully saturated rings. The van der Waals surface area contributed by atoms with E-state index in [1.165, 1.54) is 7.11 Å². The molecule has 2 nitrogen and oxygen atoms in total. The minimum atomic E-state index is -0.300. The number of hydrogen-bond donors (Lipinski definition) is 1. The second kappa shape index (κ2) is 7.07. The van der Waals surface area contributed by atoms with E-state index in [1.807, 2.05) is 18.2 Å². The fraction of sp³-hybridized carbons (Fsp3) is 0.368. The lowest BCUT2D eigenvalue weighted by atomic mass is 9.79. The molecule has 6 heteroatoms. The largest absolute Gasteiger partial charge is 0.494 e. The molecule has 2 aliphatic rings. The van der Waals surface area contributed by atoms with Crippen LogP contribution in [0.4, 0.5) is 4.39 Å². The summed E-state index contributed by atoms with van der Waals surface area (Å²) in [6.45, 7) is 0.830. The molecule has 1 N–H and O–H groups in total. The zero-order valence-corrected chi connectivity index (χ0v) is 17.0. The standard InChI is InChI=1S/C19H18Cl2FNO.BrH/c1-24-17-10-13-11(8-16(17)22)4-7-23-18(13)19(5-6-19)14-3-2-12(20)9-15(14)21;/h2-3,8-10,18,23H,4-7H2,1H3;1H. The Morgan fingerprint density at radius 2 is 1.96 bits per heavy atom. The summed E-state index contributed by atoms with van der Waals surface area (Å²) in [7, 11) is 1.50. The van der Waals surface area contributed by atoms with Gasteiger partial charge in [0.1, 0.15) is 0 Å². The minimum absolute atomic E-state index is 0. The highest BCUT2D eigenvalue weighted by atomic mass is 79.9. The Balaban J connectivity index is 0.00000182. The molecule has 4 rings (SSSR count). The van der Waals surface area contributed by atoms with Crippen molar-refractivity contribution >= 4 is 40.2 Å². The normalized spacial score (nSPS) is 20.4. The van der Waals surface area contributed by atoms with Crippen molar-refractivity contribution < 1.29 is 9.13 Å². The molecule has 0 saturated heterocycles. The Labute approximate surface area is 167 Å². The van der Waals surface area contributed by atoms with Crippen LogP contribution in [-0.4, -0.2) is 13.7 Å². The second-order valence-corrected chi connectivity index (χ2v) is 7.45. The first-order valence-electron chi connectivity index (χ1n) is 8.10. The van der Waals surface area contributed by atoms with Crippen molar-refractivity contribution in [1.82, 2.24) is 5.32 Å². The Morgan fingerprint density at radius 1 is 1.20 bits per heavy atom. The van der Waals surface area contributed by atoms with Crippen molar-refractivity contribution in [3.8, 4) is 5.75 Å². The molecule has 1 aliphatic carbocycles. The van der Waals surface area contributed by atoms with E-state index in [2.05, 4.69) is 5.32 Å². The highest BCUT2D eigenvalue weighted by Crippen LogP contribution is 2.59. The Bertz CT molecular complexity index is 810. The first kappa shape index (κ1) is 19.0. The van der Waals surface area contributed by atoms with Crippen LogP contribution in [0.1, 0.15) is 35.6 Å². The maximum atomic E-state index is 14.1. The van der Waals surface area contributed by atoms with Crippen LogP contribution in [-0.2, 0) is 11.8 Å². The predicted molar refractivity (Wildman–Crippen MR) is 105 cm³/mol. The third kappa shape index (κ3) is 3.18. The van der Waals surface area contributed by atoms with Crippen molar-refractivity contribution in [1.29, 1.82) is 0 Å². The van der Waals surface area contributed by atoms with Crippen LogP contribution in [0, 0.1) is 5.82 Å². The molecule has 1 heterocycles. The first-order valence-corrected chi connectivity index (χ1v) is 8.86. The number of benzene rings is 2. The lowest BCUT2D eigenvalue weighted by Crippen LogP contribution is -2.38. The fourth-order valence-electron chi connectivity index (χ4n) is 3.95. The van der Waals surface area contributed by atoms with E-state index in [0.29, 0.717) is 15.8 Å². The maximum absolute atomic E-state index is 14.1. The molecule has 134 valence electrons. The maximum Gasteiger partial charge on any atom is 0.165 e. The third-order valence-corrected chi connectivity index (χ3v) is 5.82. The Kier molecular flexibility index (Phi) is 5.36. The predicted octanol–water partition coefficient (Wildman–Crippen LogP) is 5.64. The van der Waals surface area contributed by atoms with Crippen molar-refractivity contribution in [3.63, 3.8) is 0 Å². The summed E-state index contributed by atoms with van der Waals surface area (Å²) >= 11 is 12.5. The van der Waals surface area contributed by atoms with Gasteiger partial charge in [-0.15, -0.1) is 17.0 Å².